The predicted molar refractivity (Wildman–Crippen MR) is 129 cm³/mol. The molecule has 2 heterocycles. The second-order valence-corrected chi connectivity index (χ2v) is 10.3. The van der Waals surface area contributed by atoms with Crippen molar-refractivity contribution in [2.45, 2.75) is 44.1 Å². The molecule has 6 nitrogen and oxygen atoms in total. The van der Waals surface area contributed by atoms with E-state index in [1.165, 1.54) is 0 Å². The van der Waals surface area contributed by atoms with Gasteiger partial charge >= 0.3 is 6.03 Å². The number of hydrogen-bond acceptors (Lipinski definition) is 4. The zero-order valence-corrected chi connectivity index (χ0v) is 19.9. The van der Waals surface area contributed by atoms with Crippen LogP contribution in [0.5, 0.6) is 5.75 Å². The molecule has 0 saturated carbocycles. The number of nitrogens with zero attached hydrogens (tertiary/aromatic N) is 1. The van der Waals surface area contributed by atoms with Gasteiger partial charge in [-0.1, -0.05) is 37.0 Å². The first-order valence-corrected chi connectivity index (χ1v) is 11.7. The molecule has 32 heavy (non-hydrogen) atoms. The SMILES string of the molecule is CC1(C)C[C@@](CO)(CN2CCCC2)Oc2c(NC(=O)Nc3ccc(Cl)cc3)cc(Cl)cc21. The molecule has 2 aliphatic rings. The second kappa shape index (κ2) is 9.10. The number of carbonyl (C=O) groups is 1. The lowest BCUT2D eigenvalue weighted by Crippen LogP contribution is -2.55. The van der Waals surface area contributed by atoms with E-state index in [0.717, 1.165) is 31.5 Å². The maximum Gasteiger partial charge on any atom is 0.323 e. The summed E-state index contributed by atoms with van der Waals surface area (Å²) in [6.07, 6.45) is 2.97. The number of aliphatic hydroxyl groups is 1. The largest absolute Gasteiger partial charge is 0.481 e. The number of ether oxygens (including phenoxy) is 1. The van der Waals surface area contributed by atoms with E-state index in [-0.39, 0.29) is 12.0 Å². The highest BCUT2D eigenvalue weighted by molar-refractivity contribution is 6.31. The van der Waals surface area contributed by atoms with Crippen LogP contribution in [0.1, 0.15) is 38.7 Å². The van der Waals surface area contributed by atoms with Crippen molar-refractivity contribution in [1.29, 1.82) is 0 Å². The summed E-state index contributed by atoms with van der Waals surface area (Å²) in [4.78, 5) is 15.1. The van der Waals surface area contributed by atoms with Crippen LogP contribution >= 0.6 is 23.2 Å². The molecule has 2 amide bonds. The summed E-state index contributed by atoms with van der Waals surface area (Å²) in [5, 5.41) is 17.2. The Morgan fingerprint density at radius 3 is 2.44 bits per heavy atom. The van der Waals surface area contributed by atoms with Crippen LogP contribution in [0, 0.1) is 0 Å². The smallest absolute Gasteiger partial charge is 0.323 e. The quantitative estimate of drug-likeness (QED) is 0.529. The number of likely N-dealkylation sites (tertiary alicyclic amines) is 1. The van der Waals surface area contributed by atoms with Gasteiger partial charge in [0, 0.05) is 27.8 Å². The second-order valence-electron chi connectivity index (χ2n) is 9.40. The summed E-state index contributed by atoms with van der Waals surface area (Å²) >= 11 is 12.3. The molecule has 3 N–H and O–H groups in total. The lowest BCUT2D eigenvalue weighted by Gasteiger charge is -2.47. The van der Waals surface area contributed by atoms with E-state index in [1.54, 1.807) is 30.3 Å². The fourth-order valence-corrected chi connectivity index (χ4v) is 5.19. The summed E-state index contributed by atoms with van der Waals surface area (Å²) in [7, 11) is 0. The Morgan fingerprint density at radius 1 is 1.09 bits per heavy atom. The summed E-state index contributed by atoms with van der Waals surface area (Å²) < 4.78 is 6.51. The number of carbonyl (C=O) groups excluding carboxylic acids is 1. The Kier molecular flexibility index (Phi) is 6.59. The van der Waals surface area contributed by atoms with Crippen molar-refractivity contribution in [3.05, 3.63) is 52.0 Å². The van der Waals surface area contributed by atoms with E-state index in [2.05, 4.69) is 29.4 Å². The van der Waals surface area contributed by atoms with Gasteiger partial charge in [-0.05, 0) is 74.2 Å². The number of anilines is 2. The van der Waals surface area contributed by atoms with Crippen LogP contribution in [0.3, 0.4) is 0 Å². The van der Waals surface area contributed by atoms with Crippen LogP contribution in [0.2, 0.25) is 10.0 Å². The molecule has 4 rings (SSSR count). The molecular formula is C24H29Cl2N3O3. The Labute approximate surface area is 198 Å². The lowest BCUT2D eigenvalue weighted by atomic mass is 9.72. The minimum atomic E-state index is -0.752. The average molecular weight is 478 g/mol. The standard InChI is InChI=1S/C24H29Cl2N3O3/c1-23(2)13-24(15-30,14-29-9-3-4-10-29)32-21-19(23)11-17(26)12-20(21)28-22(31)27-18-7-5-16(25)6-8-18/h5-8,11-12,30H,3-4,9-10,13-15H2,1-2H3,(H2,27,28,31)/t24-/m0/s1. The number of rotatable bonds is 5. The van der Waals surface area contributed by atoms with Crippen molar-refractivity contribution in [3.8, 4) is 5.75 Å². The number of halogens is 2. The Balaban J connectivity index is 1.63. The van der Waals surface area contributed by atoms with Crippen LogP contribution in [0.25, 0.3) is 0 Å². The Morgan fingerprint density at radius 2 is 1.78 bits per heavy atom. The molecule has 2 aliphatic heterocycles. The van der Waals surface area contributed by atoms with Crippen molar-refractivity contribution in [2.24, 2.45) is 0 Å². The van der Waals surface area contributed by atoms with Gasteiger partial charge in [-0.3, -0.25) is 4.90 Å². The number of aliphatic hydroxyl groups excluding tert-OH is 1. The molecule has 172 valence electrons. The number of nitrogens with one attached hydrogen (secondary N) is 2. The van der Waals surface area contributed by atoms with Crippen LogP contribution in [0.4, 0.5) is 16.2 Å². The van der Waals surface area contributed by atoms with Gasteiger partial charge in [0.05, 0.1) is 12.3 Å². The fourth-order valence-electron chi connectivity index (χ4n) is 4.84. The number of urea groups is 1. The van der Waals surface area contributed by atoms with Gasteiger partial charge in [0.15, 0.2) is 0 Å². The topological polar surface area (TPSA) is 73.8 Å². The zero-order valence-electron chi connectivity index (χ0n) is 18.4. The summed E-state index contributed by atoms with van der Waals surface area (Å²) in [5.41, 5.74) is 0.952. The maximum atomic E-state index is 12.7. The number of benzene rings is 2. The molecule has 0 aromatic heterocycles. The molecule has 0 unspecified atom stereocenters. The normalized spacial score (nSPS) is 22.2. The fraction of sp³-hybridized carbons (Fsp3) is 0.458. The average Bonchev–Trinajstić information content (AvgIpc) is 3.23. The van der Waals surface area contributed by atoms with Gasteiger partial charge in [-0.15, -0.1) is 0 Å². The third-order valence-corrected chi connectivity index (χ3v) is 6.68. The molecule has 2 aromatic rings. The van der Waals surface area contributed by atoms with Crippen molar-refractivity contribution in [3.63, 3.8) is 0 Å². The Bertz CT molecular complexity index is 991. The molecule has 0 radical (unpaired) electrons. The van der Waals surface area contributed by atoms with E-state index in [9.17, 15) is 9.90 Å². The lowest BCUT2D eigenvalue weighted by molar-refractivity contribution is -0.0463. The molecule has 2 aromatic carbocycles. The Hall–Kier alpha value is -1.99. The first-order chi connectivity index (χ1) is 15.2. The van der Waals surface area contributed by atoms with E-state index >= 15 is 0 Å². The van der Waals surface area contributed by atoms with Gasteiger partial charge in [0.1, 0.15) is 11.4 Å². The van der Waals surface area contributed by atoms with E-state index in [1.807, 2.05) is 6.07 Å². The summed E-state index contributed by atoms with van der Waals surface area (Å²) in [5.74, 6) is 0.560. The molecule has 0 spiro atoms. The number of hydrogen-bond donors (Lipinski definition) is 3. The minimum absolute atomic E-state index is 0.106. The molecule has 1 atom stereocenters. The number of amides is 2. The molecule has 0 bridgehead atoms. The number of fused-ring (bicyclic) bond motifs is 1. The predicted octanol–water partition coefficient (Wildman–Crippen LogP) is 5.52. The third-order valence-electron chi connectivity index (χ3n) is 6.21. The van der Waals surface area contributed by atoms with E-state index in [4.69, 9.17) is 27.9 Å². The van der Waals surface area contributed by atoms with Crippen LogP contribution < -0.4 is 15.4 Å². The summed E-state index contributed by atoms with van der Waals surface area (Å²) in [6.45, 7) is 6.80. The monoisotopic (exact) mass is 477 g/mol. The van der Waals surface area contributed by atoms with Crippen LogP contribution in [-0.2, 0) is 5.41 Å². The minimum Gasteiger partial charge on any atom is -0.481 e. The first-order valence-electron chi connectivity index (χ1n) is 10.9. The molecule has 0 aliphatic carbocycles. The van der Waals surface area contributed by atoms with Crippen molar-refractivity contribution in [2.75, 3.05) is 36.9 Å². The van der Waals surface area contributed by atoms with Gasteiger partial charge < -0.3 is 20.5 Å². The van der Waals surface area contributed by atoms with Gasteiger partial charge in [-0.25, -0.2) is 4.79 Å². The summed E-state index contributed by atoms with van der Waals surface area (Å²) in [6, 6.07) is 10.0. The molecule has 1 fully saturated rings. The van der Waals surface area contributed by atoms with E-state index < -0.39 is 11.6 Å². The highest BCUT2D eigenvalue weighted by Gasteiger charge is 2.47. The maximum absolute atomic E-state index is 12.7. The molecule has 1 saturated heterocycles. The van der Waals surface area contributed by atoms with Crippen molar-refractivity contribution >= 4 is 40.6 Å². The van der Waals surface area contributed by atoms with Gasteiger partial charge in [0.25, 0.3) is 0 Å². The highest BCUT2D eigenvalue weighted by atomic mass is 35.5. The van der Waals surface area contributed by atoms with Crippen molar-refractivity contribution < 1.29 is 14.6 Å². The third kappa shape index (κ3) is 4.99. The van der Waals surface area contributed by atoms with Gasteiger partial charge in [0.2, 0.25) is 0 Å². The van der Waals surface area contributed by atoms with Gasteiger partial charge in [-0.2, -0.15) is 0 Å². The molecular weight excluding hydrogens is 449 g/mol. The zero-order chi connectivity index (χ0) is 22.9. The highest BCUT2D eigenvalue weighted by Crippen LogP contribution is 2.49. The van der Waals surface area contributed by atoms with Crippen molar-refractivity contribution in [1.82, 2.24) is 4.90 Å². The van der Waals surface area contributed by atoms with Crippen LogP contribution in [-0.4, -0.2) is 47.9 Å². The van der Waals surface area contributed by atoms with E-state index in [0.29, 0.717) is 40.1 Å². The molecule has 8 heteroatoms. The van der Waals surface area contributed by atoms with Crippen LogP contribution in [0.15, 0.2) is 36.4 Å². The first kappa shape index (κ1) is 23.2.